The fourth-order valence-electron chi connectivity index (χ4n) is 3.71. The monoisotopic (exact) mass is 510 g/mol. The van der Waals surface area contributed by atoms with Crippen LogP contribution in [0.1, 0.15) is 94.9 Å². The van der Waals surface area contributed by atoms with Crippen LogP contribution < -0.4 is 16.0 Å². The van der Waals surface area contributed by atoms with Crippen molar-refractivity contribution in [1.82, 2.24) is 16.0 Å². The minimum absolute atomic E-state index is 0.0163. The summed E-state index contributed by atoms with van der Waals surface area (Å²) in [7, 11) is 0. The number of carbonyl (C=O) groups excluding carboxylic acids is 3. The topological polar surface area (TPSA) is 127 Å². The van der Waals surface area contributed by atoms with Gasteiger partial charge >= 0.3 is 12.2 Å². The molecule has 0 unspecified atom stereocenters. The average molecular weight is 511 g/mol. The van der Waals surface area contributed by atoms with Crippen molar-refractivity contribution < 1.29 is 28.6 Å². The molecule has 0 aliphatic heterocycles. The van der Waals surface area contributed by atoms with Gasteiger partial charge in [0, 0.05) is 6.92 Å². The van der Waals surface area contributed by atoms with Crippen LogP contribution >= 0.6 is 0 Å². The molecule has 0 aromatic heterocycles. The SMILES string of the molecule is CCC1=C[C@@H](OC(CC)CC)[C@H](NC(C)=O)[C@@H](N=C(NC(=O)OC(C)(C)C)NC(=O)OC(C)(C)C)C1. The molecule has 1 aliphatic carbocycles. The van der Waals surface area contributed by atoms with Crippen molar-refractivity contribution in [2.24, 2.45) is 4.99 Å². The number of carbonyl (C=O) groups is 3. The number of nitrogens with one attached hydrogen (secondary N) is 3. The second kappa shape index (κ2) is 13.6. The molecule has 0 aromatic carbocycles. The number of amides is 3. The van der Waals surface area contributed by atoms with E-state index in [2.05, 4.69) is 34.8 Å². The standard InChI is InChI=1S/C26H46N4O6/c1-11-17-14-19(21(27-16(4)31)20(15-17)34-18(12-2)13-3)28-22(29-23(32)35-25(5,6)7)30-24(33)36-26(8,9)10/h15,18-21H,11-14H2,1-10H3,(H,27,31)(H2,28,29,30,32,33)/t19-,20+,21+/m0/s1. The molecule has 10 heteroatoms. The second-order valence-electron chi connectivity index (χ2n) is 10.9. The van der Waals surface area contributed by atoms with Crippen LogP contribution in [0, 0.1) is 0 Å². The van der Waals surface area contributed by atoms with Crippen molar-refractivity contribution in [1.29, 1.82) is 0 Å². The van der Waals surface area contributed by atoms with Gasteiger partial charge in [-0.05, 0) is 67.2 Å². The van der Waals surface area contributed by atoms with Crippen LogP contribution in [-0.4, -0.2) is 59.5 Å². The highest BCUT2D eigenvalue weighted by Crippen LogP contribution is 2.28. The number of aliphatic imine (C=N–C) groups is 1. The van der Waals surface area contributed by atoms with Gasteiger partial charge in [0.1, 0.15) is 11.2 Å². The first-order valence-corrected chi connectivity index (χ1v) is 12.8. The summed E-state index contributed by atoms with van der Waals surface area (Å²) in [5, 5.41) is 8.02. The molecule has 3 amide bonds. The Labute approximate surface area is 216 Å². The van der Waals surface area contributed by atoms with Gasteiger partial charge in [-0.3, -0.25) is 15.4 Å². The highest BCUT2D eigenvalue weighted by molar-refractivity contribution is 6.01. The van der Waals surface area contributed by atoms with Gasteiger partial charge < -0.3 is 19.5 Å². The molecule has 0 saturated carbocycles. The van der Waals surface area contributed by atoms with Crippen molar-refractivity contribution in [2.75, 3.05) is 0 Å². The van der Waals surface area contributed by atoms with Crippen molar-refractivity contribution >= 4 is 24.1 Å². The van der Waals surface area contributed by atoms with Crippen LogP contribution in [0.4, 0.5) is 9.59 Å². The highest BCUT2D eigenvalue weighted by Gasteiger charge is 2.36. The second-order valence-corrected chi connectivity index (χ2v) is 10.9. The maximum Gasteiger partial charge on any atom is 0.414 e. The van der Waals surface area contributed by atoms with Gasteiger partial charge in [0.25, 0.3) is 0 Å². The predicted molar refractivity (Wildman–Crippen MR) is 140 cm³/mol. The molecule has 206 valence electrons. The maximum absolute atomic E-state index is 12.5. The molecule has 0 saturated heterocycles. The fraction of sp³-hybridized carbons (Fsp3) is 0.769. The third kappa shape index (κ3) is 11.9. The maximum atomic E-state index is 12.5. The third-order valence-electron chi connectivity index (χ3n) is 5.26. The van der Waals surface area contributed by atoms with Gasteiger partial charge in [0.05, 0.1) is 24.3 Å². The number of hydrogen-bond donors (Lipinski definition) is 3. The van der Waals surface area contributed by atoms with Crippen LogP contribution in [0.25, 0.3) is 0 Å². The zero-order chi connectivity index (χ0) is 27.7. The molecular weight excluding hydrogens is 464 g/mol. The highest BCUT2D eigenvalue weighted by atomic mass is 16.6. The van der Waals surface area contributed by atoms with Gasteiger partial charge in [-0.15, -0.1) is 0 Å². The summed E-state index contributed by atoms with van der Waals surface area (Å²) in [6.07, 6.45) is 3.04. The van der Waals surface area contributed by atoms with E-state index in [9.17, 15) is 14.4 Å². The number of rotatable bonds is 7. The molecule has 3 atom stereocenters. The lowest BCUT2D eigenvalue weighted by Gasteiger charge is -2.37. The van der Waals surface area contributed by atoms with Crippen molar-refractivity contribution in [3.63, 3.8) is 0 Å². The minimum atomic E-state index is -0.778. The Balaban J connectivity index is 3.40. The van der Waals surface area contributed by atoms with Crippen LogP contribution in [0.3, 0.4) is 0 Å². The Hall–Kier alpha value is -2.62. The Kier molecular flexibility index (Phi) is 11.9. The lowest BCUT2D eigenvalue weighted by molar-refractivity contribution is -0.121. The molecule has 1 rings (SSSR count). The normalized spacial score (nSPS) is 20.2. The quantitative estimate of drug-likeness (QED) is 0.261. The summed E-state index contributed by atoms with van der Waals surface area (Å²) >= 11 is 0. The molecule has 0 radical (unpaired) electrons. The van der Waals surface area contributed by atoms with Gasteiger partial charge in [0.2, 0.25) is 11.9 Å². The Morgan fingerprint density at radius 1 is 0.972 bits per heavy atom. The van der Waals surface area contributed by atoms with Crippen LogP contribution in [-0.2, 0) is 19.0 Å². The van der Waals surface area contributed by atoms with E-state index >= 15 is 0 Å². The molecule has 0 spiro atoms. The largest absolute Gasteiger partial charge is 0.444 e. The summed E-state index contributed by atoms with van der Waals surface area (Å²) in [6.45, 7) is 18.0. The van der Waals surface area contributed by atoms with E-state index in [0.29, 0.717) is 6.42 Å². The van der Waals surface area contributed by atoms with Crippen molar-refractivity contribution in [3.05, 3.63) is 11.6 Å². The zero-order valence-corrected chi connectivity index (χ0v) is 23.6. The molecule has 3 N–H and O–H groups in total. The van der Waals surface area contributed by atoms with E-state index in [1.807, 2.05) is 13.0 Å². The van der Waals surface area contributed by atoms with Gasteiger partial charge in [-0.2, -0.15) is 0 Å². The molecule has 0 bridgehead atoms. The molecule has 1 aliphatic rings. The summed E-state index contributed by atoms with van der Waals surface area (Å²) in [5.74, 6) is -0.356. The average Bonchev–Trinajstić information content (AvgIpc) is 2.70. The molecule has 36 heavy (non-hydrogen) atoms. The van der Waals surface area contributed by atoms with E-state index < -0.39 is 41.6 Å². The smallest absolute Gasteiger partial charge is 0.414 e. The van der Waals surface area contributed by atoms with E-state index in [-0.39, 0.29) is 18.0 Å². The predicted octanol–water partition coefficient (Wildman–Crippen LogP) is 4.58. The number of nitrogens with zero attached hydrogens (tertiary/aromatic N) is 1. The Morgan fingerprint density at radius 2 is 1.47 bits per heavy atom. The molecule has 0 aromatic rings. The molecular formula is C26H46N4O6. The summed E-state index contributed by atoms with van der Waals surface area (Å²) in [4.78, 5) is 41.9. The first-order chi connectivity index (χ1) is 16.6. The number of alkyl carbamates (subject to hydrolysis) is 2. The van der Waals surface area contributed by atoms with E-state index in [4.69, 9.17) is 14.2 Å². The summed E-state index contributed by atoms with van der Waals surface area (Å²) in [6, 6.07) is -1.03. The molecule has 10 nitrogen and oxygen atoms in total. The van der Waals surface area contributed by atoms with Gasteiger partial charge in [-0.25, -0.2) is 14.6 Å². The lowest BCUT2D eigenvalue weighted by Crippen LogP contribution is -2.54. The third-order valence-corrected chi connectivity index (χ3v) is 5.26. The fourth-order valence-corrected chi connectivity index (χ4v) is 3.71. The van der Waals surface area contributed by atoms with E-state index in [1.54, 1.807) is 41.5 Å². The van der Waals surface area contributed by atoms with Gasteiger partial charge in [-0.1, -0.05) is 32.4 Å². The number of ether oxygens (including phenoxy) is 3. The van der Waals surface area contributed by atoms with Crippen LogP contribution in [0.15, 0.2) is 16.6 Å². The summed E-state index contributed by atoms with van der Waals surface area (Å²) < 4.78 is 17.1. The Morgan fingerprint density at radius 3 is 1.86 bits per heavy atom. The van der Waals surface area contributed by atoms with Gasteiger partial charge in [0.15, 0.2) is 0 Å². The van der Waals surface area contributed by atoms with Crippen molar-refractivity contribution in [2.45, 2.75) is 130 Å². The van der Waals surface area contributed by atoms with Crippen molar-refractivity contribution in [3.8, 4) is 0 Å². The first-order valence-electron chi connectivity index (χ1n) is 12.8. The number of hydrogen-bond acceptors (Lipinski definition) is 7. The minimum Gasteiger partial charge on any atom is -0.444 e. The van der Waals surface area contributed by atoms with Crippen LogP contribution in [0.5, 0.6) is 0 Å². The summed E-state index contributed by atoms with van der Waals surface area (Å²) in [5.41, 5.74) is -0.399. The number of guanidine groups is 1. The zero-order valence-electron chi connectivity index (χ0n) is 23.6. The molecule has 0 heterocycles. The van der Waals surface area contributed by atoms with E-state index in [0.717, 1.165) is 24.8 Å². The molecule has 0 fully saturated rings. The van der Waals surface area contributed by atoms with Crippen LogP contribution in [0.2, 0.25) is 0 Å². The lowest BCUT2D eigenvalue weighted by atomic mass is 9.87. The first kappa shape index (κ1) is 31.4. The van der Waals surface area contributed by atoms with E-state index in [1.165, 1.54) is 6.92 Å². The Bertz CT molecular complexity index is 789.